The fraction of sp³-hybridized carbons (Fsp3) is 0.143. The molecule has 2 rings (SSSR count). The molecule has 2 heterocycles. The van der Waals surface area contributed by atoms with Crippen LogP contribution in [0.25, 0.3) is 0 Å². The first-order chi connectivity index (χ1) is 5.25. The van der Waals surface area contributed by atoms with Crippen molar-refractivity contribution < 1.29 is 4.39 Å². The van der Waals surface area contributed by atoms with Crippen molar-refractivity contribution >= 4 is 22.6 Å². The Morgan fingerprint density at radius 1 is 1.36 bits per heavy atom. The van der Waals surface area contributed by atoms with Gasteiger partial charge in [0.25, 0.3) is 0 Å². The van der Waals surface area contributed by atoms with E-state index in [4.69, 9.17) is 0 Å². The van der Waals surface area contributed by atoms with E-state index >= 15 is 0 Å². The molecule has 0 aliphatic carbocycles. The van der Waals surface area contributed by atoms with Gasteiger partial charge < -0.3 is 10.6 Å². The summed E-state index contributed by atoms with van der Waals surface area (Å²) in [5.41, 5.74) is 1.08. The van der Waals surface area contributed by atoms with Gasteiger partial charge in [-0.1, -0.05) is 6.08 Å². The molecule has 1 atom stereocenters. The van der Waals surface area contributed by atoms with Crippen molar-refractivity contribution in [3.8, 4) is 0 Å². The Morgan fingerprint density at radius 3 is 3.00 bits per heavy atom. The van der Waals surface area contributed by atoms with E-state index in [0.717, 1.165) is 9.28 Å². The summed E-state index contributed by atoms with van der Waals surface area (Å²) in [6, 6.07) is 0. The minimum atomic E-state index is -0.286. The van der Waals surface area contributed by atoms with Gasteiger partial charge in [0, 0.05) is 0 Å². The second-order valence-corrected chi connectivity index (χ2v) is 3.56. The van der Waals surface area contributed by atoms with Gasteiger partial charge in [-0.05, 0) is 40.3 Å². The van der Waals surface area contributed by atoms with E-state index in [1.54, 1.807) is 6.08 Å². The van der Waals surface area contributed by atoms with Crippen molar-refractivity contribution in [1.29, 1.82) is 0 Å². The van der Waals surface area contributed by atoms with Crippen LogP contribution in [-0.4, -0.2) is 6.17 Å². The molecular weight excluding hydrogens is 258 g/mol. The molecule has 0 aromatic rings. The lowest BCUT2D eigenvalue weighted by atomic mass is 10.2. The summed E-state index contributed by atoms with van der Waals surface area (Å²) in [5.74, 6) is -0.286. The molecule has 0 aromatic heterocycles. The lowest BCUT2D eigenvalue weighted by Gasteiger charge is -2.18. The molecular formula is C7H6FIN2. The highest BCUT2D eigenvalue weighted by atomic mass is 127. The summed E-state index contributed by atoms with van der Waals surface area (Å²) in [7, 11) is 0. The molecule has 0 bridgehead atoms. The minimum Gasteiger partial charge on any atom is -0.357 e. The second-order valence-electron chi connectivity index (χ2n) is 2.40. The van der Waals surface area contributed by atoms with Crippen LogP contribution in [0, 0.1) is 0 Å². The van der Waals surface area contributed by atoms with Crippen LogP contribution < -0.4 is 10.6 Å². The van der Waals surface area contributed by atoms with Crippen LogP contribution in [0.1, 0.15) is 0 Å². The monoisotopic (exact) mass is 264 g/mol. The summed E-state index contributed by atoms with van der Waals surface area (Å²) in [6.07, 6.45) is 5.13. The summed E-state index contributed by atoms with van der Waals surface area (Å²) in [6.45, 7) is 0. The zero-order chi connectivity index (χ0) is 7.84. The molecule has 0 radical (unpaired) electrons. The van der Waals surface area contributed by atoms with Crippen molar-refractivity contribution in [3.63, 3.8) is 0 Å². The molecule has 2 aliphatic rings. The van der Waals surface area contributed by atoms with E-state index < -0.39 is 0 Å². The number of hydrogen-bond acceptors (Lipinski definition) is 2. The van der Waals surface area contributed by atoms with E-state index in [1.165, 1.54) is 6.08 Å². The van der Waals surface area contributed by atoms with Crippen LogP contribution >= 0.6 is 22.6 Å². The van der Waals surface area contributed by atoms with E-state index in [9.17, 15) is 4.39 Å². The summed E-state index contributed by atoms with van der Waals surface area (Å²) >= 11 is 2.17. The Labute approximate surface area is 77.4 Å². The van der Waals surface area contributed by atoms with E-state index in [1.807, 2.05) is 6.08 Å². The molecule has 2 N–H and O–H groups in total. The van der Waals surface area contributed by atoms with Gasteiger partial charge in [-0.15, -0.1) is 0 Å². The number of rotatable bonds is 0. The second kappa shape index (κ2) is 2.51. The maximum Gasteiger partial charge on any atom is 0.188 e. The third-order valence-electron chi connectivity index (χ3n) is 1.61. The fourth-order valence-corrected chi connectivity index (χ4v) is 1.78. The van der Waals surface area contributed by atoms with Crippen LogP contribution in [0.5, 0.6) is 0 Å². The van der Waals surface area contributed by atoms with E-state index in [-0.39, 0.29) is 12.1 Å². The molecule has 4 heteroatoms. The number of halogens is 2. The van der Waals surface area contributed by atoms with E-state index in [0.29, 0.717) is 0 Å². The quantitative estimate of drug-likeness (QED) is 0.512. The third-order valence-corrected chi connectivity index (χ3v) is 2.24. The van der Waals surface area contributed by atoms with Crippen molar-refractivity contribution in [2.45, 2.75) is 6.17 Å². The van der Waals surface area contributed by atoms with Gasteiger partial charge in [0.1, 0.15) is 6.17 Å². The van der Waals surface area contributed by atoms with Gasteiger partial charge in [0.15, 0.2) is 5.95 Å². The number of fused-ring (bicyclic) bond motifs is 1. The maximum atomic E-state index is 12.6. The van der Waals surface area contributed by atoms with E-state index in [2.05, 4.69) is 33.2 Å². The summed E-state index contributed by atoms with van der Waals surface area (Å²) in [5, 5.41) is 5.74. The van der Waals surface area contributed by atoms with Gasteiger partial charge >= 0.3 is 0 Å². The summed E-state index contributed by atoms with van der Waals surface area (Å²) in [4.78, 5) is 0. The minimum absolute atomic E-state index is 0.0631. The molecule has 11 heavy (non-hydrogen) atoms. The summed E-state index contributed by atoms with van der Waals surface area (Å²) < 4.78 is 13.6. The van der Waals surface area contributed by atoms with Crippen LogP contribution in [0.2, 0.25) is 0 Å². The number of dihydropyridines is 1. The molecule has 0 saturated carbocycles. The number of hydrogen-bond donors (Lipinski definition) is 2. The first-order valence-electron chi connectivity index (χ1n) is 3.23. The lowest BCUT2D eigenvalue weighted by Crippen LogP contribution is -2.38. The normalized spacial score (nSPS) is 27.5. The Morgan fingerprint density at radius 2 is 2.18 bits per heavy atom. The average Bonchev–Trinajstić information content (AvgIpc) is 2.27. The van der Waals surface area contributed by atoms with Crippen molar-refractivity contribution in [1.82, 2.24) is 10.6 Å². The van der Waals surface area contributed by atoms with Crippen molar-refractivity contribution in [3.05, 3.63) is 33.5 Å². The van der Waals surface area contributed by atoms with Crippen molar-refractivity contribution in [2.24, 2.45) is 0 Å². The van der Waals surface area contributed by atoms with Crippen LogP contribution in [-0.2, 0) is 0 Å². The number of nitrogens with one attached hydrogen (secondary N) is 2. The van der Waals surface area contributed by atoms with Crippen LogP contribution in [0.15, 0.2) is 33.5 Å². The first-order valence-corrected chi connectivity index (χ1v) is 4.31. The standard InChI is InChI=1S/C7H6FIN2/c8-5-2-1-4-3-6(9)11-7(4)10-5/h1-3,7,10-11H. The first kappa shape index (κ1) is 7.15. The molecule has 0 spiro atoms. The van der Waals surface area contributed by atoms with Gasteiger partial charge in [0.2, 0.25) is 0 Å². The fourth-order valence-electron chi connectivity index (χ4n) is 1.11. The Hall–Kier alpha value is -0.520. The highest BCUT2D eigenvalue weighted by Crippen LogP contribution is 2.22. The zero-order valence-electron chi connectivity index (χ0n) is 5.57. The maximum absolute atomic E-state index is 12.6. The van der Waals surface area contributed by atoms with Gasteiger partial charge in [-0.3, -0.25) is 0 Å². The highest BCUT2D eigenvalue weighted by molar-refractivity contribution is 14.1. The van der Waals surface area contributed by atoms with Crippen molar-refractivity contribution in [2.75, 3.05) is 0 Å². The molecule has 0 aromatic carbocycles. The lowest BCUT2D eigenvalue weighted by molar-refractivity contribution is 0.480. The Balaban J connectivity index is 2.29. The zero-order valence-corrected chi connectivity index (χ0v) is 7.72. The predicted octanol–water partition coefficient (Wildman–Crippen LogP) is 1.53. The molecule has 1 unspecified atom stereocenters. The molecule has 0 fully saturated rings. The van der Waals surface area contributed by atoms with Crippen LogP contribution in [0.3, 0.4) is 0 Å². The third kappa shape index (κ3) is 1.26. The largest absolute Gasteiger partial charge is 0.357 e. The highest BCUT2D eigenvalue weighted by Gasteiger charge is 2.21. The smallest absolute Gasteiger partial charge is 0.188 e. The Bertz CT molecular complexity index is 280. The van der Waals surface area contributed by atoms with Gasteiger partial charge in [-0.2, -0.15) is 4.39 Å². The Kier molecular flexibility index (Phi) is 1.63. The molecule has 2 nitrogen and oxygen atoms in total. The van der Waals surface area contributed by atoms with Gasteiger partial charge in [0.05, 0.1) is 3.70 Å². The topological polar surface area (TPSA) is 24.1 Å². The molecule has 0 amide bonds. The molecule has 58 valence electrons. The van der Waals surface area contributed by atoms with Crippen LogP contribution in [0.4, 0.5) is 4.39 Å². The molecule has 0 saturated heterocycles. The van der Waals surface area contributed by atoms with Gasteiger partial charge in [-0.25, -0.2) is 0 Å². The predicted molar refractivity (Wildman–Crippen MR) is 49.4 cm³/mol. The average molecular weight is 264 g/mol. The number of allylic oxidation sites excluding steroid dienone is 2. The SMILES string of the molecule is FC1=CC=C2C=C(I)NC2N1. The molecule has 2 aliphatic heterocycles.